The summed E-state index contributed by atoms with van der Waals surface area (Å²) in [6.07, 6.45) is 2.37. The van der Waals surface area contributed by atoms with Gasteiger partial charge in [-0.3, -0.25) is 9.59 Å². The Kier molecular flexibility index (Phi) is 4.22. The first-order valence-electron chi connectivity index (χ1n) is 5.31. The molecule has 2 N–H and O–H groups in total. The zero-order valence-electron chi connectivity index (χ0n) is 9.25. The number of hydrogen-bond donors (Lipinski definition) is 1. The van der Waals surface area contributed by atoms with Crippen molar-refractivity contribution >= 4 is 17.7 Å². The Hall–Kier alpha value is -1.65. The molecular formula is C11H15NO4. The maximum Gasteiger partial charge on any atom is 0.344 e. The number of ether oxygens (including phenoxy) is 1. The molecule has 1 amide bonds. The number of nitrogens with two attached hydrogens (primary N) is 1. The SMILES string of the molecule is CCOC(=O)/C(C(N)=O)=C1\CCCCC1=O. The molecule has 16 heavy (non-hydrogen) atoms. The number of carbonyl (C=O) groups excluding carboxylic acids is 3. The third kappa shape index (κ3) is 2.68. The molecule has 0 radical (unpaired) electrons. The summed E-state index contributed by atoms with van der Waals surface area (Å²) in [6.45, 7) is 1.78. The summed E-state index contributed by atoms with van der Waals surface area (Å²) in [5.74, 6) is -1.85. The summed E-state index contributed by atoms with van der Waals surface area (Å²) in [4.78, 5) is 34.2. The first-order chi connectivity index (χ1) is 7.57. The number of primary amides is 1. The zero-order chi connectivity index (χ0) is 12.1. The molecule has 88 valence electrons. The third-order valence-corrected chi connectivity index (χ3v) is 2.44. The molecule has 1 fully saturated rings. The van der Waals surface area contributed by atoms with Crippen LogP contribution < -0.4 is 5.73 Å². The van der Waals surface area contributed by atoms with Crippen LogP contribution in [-0.2, 0) is 19.1 Å². The molecule has 1 saturated carbocycles. The van der Waals surface area contributed by atoms with E-state index in [0.29, 0.717) is 12.8 Å². The first-order valence-corrected chi connectivity index (χ1v) is 5.31. The lowest BCUT2D eigenvalue weighted by atomic mass is 9.89. The van der Waals surface area contributed by atoms with Gasteiger partial charge in [-0.2, -0.15) is 0 Å². The van der Waals surface area contributed by atoms with Crippen LogP contribution in [0.4, 0.5) is 0 Å². The predicted octanol–water partition coefficient (Wildman–Crippen LogP) is 0.474. The second-order valence-electron chi connectivity index (χ2n) is 3.57. The smallest absolute Gasteiger partial charge is 0.344 e. The topological polar surface area (TPSA) is 86.5 Å². The molecular weight excluding hydrogens is 210 g/mol. The Morgan fingerprint density at radius 2 is 1.94 bits per heavy atom. The van der Waals surface area contributed by atoms with E-state index in [2.05, 4.69) is 0 Å². The highest BCUT2D eigenvalue weighted by molar-refractivity contribution is 6.21. The molecule has 0 aliphatic heterocycles. The van der Waals surface area contributed by atoms with Crippen molar-refractivity contribution < 1.29 is 19.1 Å². The fourth-order valence-electron chi connectivity index (χ4n) is 1.72. The molecule has 0 saturated heterocycles. The highest BCUT2D eigenvalue weighted by Gasteiger charge is 2.27. The maximum absolute atomic E-state index is 11.6. The van der Waals surface area contributed by atoms with Gasteiger partial charge in [0.2, 0.25) is 0 Å². The van der Waals surface area contributed by atoms with E-state index in [-0.39, 0.29) is 23.5 Å². The van der Waals surface area contributed by atoms with Gasteiger partial charge < -0.3 is 10.5 Å². The molecule has 1 aliphatic carbocycles. The van der Waals surface area contributed by atoms with Gasteiger partial charge in [-0.05, 0) is 26.2 Å². The van der Waals surface area contributed by atoms with Crippen molar-refractivity contribution in [1.29, 1.82) is 0 Å². The van der Waals surface area contributed by atoms with E-state index in [1.165, 1.54) is 0 Å². The van der Waals surface area contributed by atoms with E-state index >= 15 is 0 Å². The molecule has 1 rings (SSSR count). The fourth-order valence-corrected chi connectivity index (χ4v) is 1.72. The highest BCUT2D eigenvalue weighted by Crippen LogP contribution is 2.23. The number of allylic oxidation sites excluding steroid dienone is 1. The van der Waals surface area contributed by atoms with Gasteiger partial charge >= 0.3 is 5.97 Å². The summed E-state index contributed by atoms with van der Waals surface area (Å²) in [6, 6.07) is 0. The van der Waals surface area contributed by atoms with Gasteiger partial charge in [0.1, 0.15) is 5.57 Å². The molecule has 5 heteroatoms. The third-order valence-electron chi connectivity index (χ3n) is 2.44. The summed E-state index contributed by atoms with van der Waals surface area (Å²) in [5.41, 5.74) is 5.07. The number of amides is 1. The second-order valence-corrected chi connectivity index (χ2v) is 3.57. The second kappa shape index (κ2) is 5.44. The van der Waals surface area contributed by atoms with Crippen molar-refractivity contribution in [2.75, 3.05) is 6.61 Å². The van der Waals surface area contributed by atoms with Crippen molar-refractivity contribution in [2.24, 2.45) is 5.73 Å². The Bertz CT molecular complexity index is 357. The van der Waals surface area contributed by atoms with E-state index in [4.69, 9.17) is 10.5 Å². The number of hydrogen-bond acceptors (Lipinski definition) is 4. The van der Waals surface area contributed by atoms with Crippen molar-refractivity contribution in [3.8, 4) is 0 Å². The fraction of sp³-hybridized carbons (Fsp3) is 0.545. The predicted molar refractivity (Wildman–Crippen MR) is 56.3 cm³/mol. The maximum atomic E-state index is 11.6. The summed E-state index contributed by atoms with van der Waals surface area (Å²) in [7, 11) is 0. The van der Waals surface area contributed by atoms with Crippen LogP contribution in [0.15, 0.2) is 11.1 Å². The number of Topliss-reactive ketones (excluding diaryl/α,β-unsaturated/α-hetero) is 1. The number of carbonyl (C=O) groups is 3. The van der Waals surface area contributed by atoms with Gasteiger partial charge in [-0.15, -0.1) is 0 Å². The van der Waals surface area contributed by atoms with Crippen LogP contribution >= 0.6 is 0 Å². The lowest BCUT2D eigenvalue weighted by Crippen LogP contribution is -2.27. The summed E-state index contributed by atoms with van der Waals surface area (Å²) < 4.78 is 4.72. The number of ketones is 1. The van der Waals surface area contributed by atoms with Crippen LogP contribution in [0.3, 0.4) is 0 Å². The van der Waals surface area contributed by atoms with E-state index in [1.807, 2.05) is 0 Å². The average molecular weight is 225 g/mol. The van der Waals surface area contributed by atoms with E-state index in [1.54, 1.807) is 6.92 Å². The largest absolute Gasteiger partial charge is 0.462 e. The lowest BCUT2D eigenvalue weighted by molar-refractivity contribution is -0.140. The van der Waals surface area contributed by atoms with E-state index in [0.717, 1.165) is 12.8 Å². The Morgan fingerprint density at radius 3 is 2.44 bits per heavy atom. The minimum absolute atomic E-state index is 0.150. The van der Waals surface area contributed by atoms with Gasteiger partial charge in [-0.25, -0.2) is 4.79 Å². The minimum atomic E-state index is -0.885. The van der Waals surface area contributed by atoms with Gasteiger partial charge in [0.05, 0.1) is 6.61 Å². The molecule has 0 heterocycles. The molecule has 0 atom stereocenters. The molecule has 1 aliphatic rings. The normalized spacial score (nSPS) is 19.2. The molecule has 5 nitrogen and oxygen atoms in total. The van der Waals surface area contributed by atoms with Crippen molar-refractivity contribution in [3.05, 3.63) is 11.1 Å². The van der Waals surface area contributed by atoms with Crippen LogP contribution in [0, 0.1) is 0 Å². The molecule has 0 aromatic carbocycles. The van der Waals surface area contributed by atoms with Crippen LogP contribution in [-0.4, -0.2) is 24.3 Å². The van der Waals surface area contributed by atoms with Crippen LogP contribution in [0.5, 0.6) is 0 Å². The lowest BCUT2D eigenvalue weighted by Gasteiger charge is -2.15. The molecule has 0 aromatic rings. The van der Waals surface area contributed by atoms with Gasteiger partial charge in [0.15, 0.2) is 5.78 Å². The van der Waals surface area contributed by atoms with Crippen molar-refractivity contribution in [1.82, 2.24) is 0 Å². The van der Waals surface area contributed by atoms with E-state index < -0.39 is 11.9 Å². The van der Waals surface area contributed by atoms with Crippen LogP contribution in [0.1, 0.15) is 32.6 Å². The van der Waals surface area contributed by atoms with Gasteiger partial charge in [0, 0.05) is 12.0 Å². The molecule has 0 unspecified atom stereocenters. The Morgan fingerprint density at radius 1 is 1.31 bits per heavy atom. The monoisotopic (exact) mass is 225 g/mol. The summed E-state index contributed by atoms with van der Waals surface area (Å²) >= 11 is 0. The standard InChI is InChI=1S/C11H15NO4/c1-2-16-11(15)9(10(12)14)7-5-3-4-6-8(7)13/h2-6H2,1H3,(H2,12,14)/b9-7+. The Balaban J connectivity index is 3.07. The summed E-state index contributed by atoms with van der Waals surface area (Å²) in [5, 5.41) is 0. The van der Waals surface area contributed by atoms with Crippen LogP contribution in [0.25, 0.3) is 0 Å². The molecule has 0 bridgehead atoms. The number of rotatable bonds is 3. The molecule has 0 aromatic heterocycles. The van der Waals surface area contributed by atoms with E-state index in [9.17, 15) is 14.4 Å². The zero-order valence-corrected chi connectivity index (χ0v) is 9.25. The average Bonchev–Trinajstić information content (AvgIpc) is 2.21. The van der Waals surface area contributed by atoms with Crippen LogP contribution in [0.2, 0.25) is 0 Å². The number of esters is 1. The van der Waals surface area contributed by atoms with Gasteiger partial charge in [0.25, 0.3) is 5.91 Å². The minimum Gasteiger partial charge on any atom is -0.462 e. The van der Waals surface area contributed by atoms with Gasteiger partial charge in [-0.1, -0.05) is 0 Å². The van der Waals surface area contributed by atoms with Crippen molar-refractivity contribution in [3.63, 3.8) is 0 Å². The first kappa shape index (κ1) is 12.4. The Labute approximate surface area is 93.6 Å². The van der Waals surface area contributed by atoms with Crippen molar-refractivity contribution in [2.45, 2.75) is 32.6 Å². The quantitative estimate of drug-likeness (QED) is 0.327. The molecule has 0 spiro atoms. The highest BCUT2D eigenvalue weighted by atomic mass is 16.5.